The molecular formula is C15H22N2O4S. The number of benzene rings is 1. The molecule has 22 heavy (non-hydrogen) atoms. The quantitative estimate of drug-likeness (QED) is 0.873. The fourth-order valence-electron chi connectivity index (χ4n) is 2.29. The topological polar surface area (TPSA) is 75.7 Å². The highest BCUT2D eigenvalue weighted by Gasteiger charge is 2.28. The van der Waals surface area contributed by atoms with Gasteiger partial charge in [-0.1, -0.05) is 24.6 Å². The van der Waals surface area contributed by atoms with Crippen LogP contribution < -0.4 is 4.72 Å². The first-order valence-electron chi connectivity index (χ1n) is 7.39. The molecule has 0 aromatic heterocycles. The minimum absolute atomic E-state index is 0.173. The first-order chi connectivity index (χ1) is 10.4. The van der Waals surface area contributed by atoms with E-state index < -0.39 is 16.1 Å². The first kappa shape index (κ1) is 16.9. The lowest BCUT2D eigenvalue weighted by Gasteiger charge is -2.30. The van der Waals surface area contributed by atoms with E-state index in [0.717, 1.165) is 5.56 Å². The van der Waals surface area contributed by atoms with E-state index in [1.807, 2.05) is 6.92 Å². The van der Waals surface area contributed by atoms with Gasteiger partial charge >= 0.3 is 0 Å². The molecule has 1 aliphatic heterocycles. The molecule has 122 valence electrons. The summed E-state index contributed by atoms with van der Waals surface area (Å²) in [6.07, 6.45) is 0.404. The molecule has 7 heteroatoms. The Hall–Kier alpha value is -1.44. The highest BCUT2D eigenvalue weighted by molar-refractivity contribution is 7.89. The zero-order valence-electron chi connectivity index (χ0n) is 12.9. The fourth-order valence-corrected chi connectivity index (χ4v) is 3.56. The first-order valence-corrected chi connectivity index (χ1v) is 8.88. The van der Waals surface area contributed by atoms with Crippen LogP contribution in [0, 0.1) is 6.92 Å². The minimum Gasteiger partial charge on any atom is -0.378 e. The molecule has 0 saturated carbocycles. The summed E-state index contributed by atoms with van der Waals surface area (Å²) < 4.78 is 32.5. The van der Waals surface area contributed by atoms with Gasteiger partial charge in [-0.15, -0.1) is 0 Å². The third-order valence-electron chi connectivity index (χ3n) is 3.66. The number of hydrogen-bond acceptors (Lipinski definition) is 4. The number of rotatable bonds is 5. The second kappa shape index (κ2) is 7.21. The minimum atomic E-state index is -3.70. The molecule has 1 aromatic carbocycles. The van der Waals surface area contributed by atoms with Crippen LogP contribution in [-0.4, -0.2) is 51.6 Å². The van der Waals surface area contributed by atoms with Crippen molar-refractivity contribution in [3.63, 3.8) is 0 Å². The van der Waals surface area contributed by atoms with Crippen LogP contribution >= 0.6 is 0 Å². The molecule has 0 unspecified atom stereocenters. The average Bonchev–Trinajstić information content (AvgIpc) is 2.53. The van der Waals surface area contributed by atoms with E-state index >= 15 is 0 Å². The van der Waals surface area contributed by atoms with Crippen LogP contribution in [0.4, 0.5) is 0 Å². The molecule has 0 spiro atoms. The Bertz CT molecular complexity index is 607. The van der Waals surface area contributed by atoms with E-state index in [1.54, 1.807) is 36.1 Å². The maximum absolute atomic E-state index is 12.4. The highest BCUT2D eigenvalue weighted by atomic mass is 32.2. The van der Waals surface area contributed by atoms with E-state index in [9.17, 15) is 13.2 Å². The monoisotopic (exact) mass is 326 g/mol. The van der Waals surface area contributed by atoms with Crippen molar-refractivity contribution in [3.8, 4) is 0 Å². The van der Waals surface area contributed by atoms with Crippen molar-refractivity contribution in [1.82, 2.24) is 9.62 Å². The van der Waals surface area contributed by atoms with Crippen molar-refractivity contribution >= 4 is 15.9 Å². The normalized spacial score (nSPS) is 17.3. The van der Waals surface area contributed by atoms with Crippen molar-refractivity contribution in [2.24, 2.45) is 0 Å². The molecule has 0 bridgehead atoms. The number of morpholine rings is 1. The number of carbonyl (C=O) groups excluding carboxylic acids is 1. The predicted molar refractivity (Wildman–Crippen MR) is 83.0 cm³/mol. The number of nitrogens with zero attached hydrogens (tertiary/aromatic N) is 1. The highest BCUT2D eigenvalue weighted by Crippen LogP contribution is 2.12. The van der Waals surface area contributed by atoms with Gasteiger partial charge < -0.3 is 9.64 Å². The lowest BCUT2D eigenvalue weighted by Crippen LogP contribution is -2.51. The molecule has 1 aliphatic rings. The predicted octanol–water partition coefficient (Wildman–Crippen LogP) is 0.911. The van der Waals surface area contributed by atoms with Crippen LogP contribution in [0.25, 0.3) is 0 Å². The van der Waals surface area contributed by atoms with Gasteiger partial charge in [0, 0.05) is 13.1 Å². The van der Waals surface area contributed by atoms with Crippen molar-refractivity contribution in [3.05, 3.63) is 29.8 Å². The average molecular weight is 326 g/mol. The van der Waals surface area contributed by atoms with Gasteiger partial charge in [-0.05, 0) is 25.5 Å². The van der Waals surface area contributed by atoms with E-state index in [1.165, 1.54) is 0 Å². The molecule has 0 aliphatic carbocycles. The Kier molecular flexibility index (Phi) is 5.55. The largest absolute Gasteiger partial charge is 0.378 e. The van der Waals surface area contributed by atoms with Crippen LogP contribution in [0.5, 0.6) is 0 Å². The molecule has 0 radical (unpaired) electrons. The Morgan fingerprint density at radius 3 is 2.41 bits per heavy atom. The van der Waals surface area contributed by atoms with Crippen molar-refractivity contribution < 1.29 is 17.9 Å². The summed E-state index contributed by atoms with van der Waals surface area (Å²) >= 11 is 0. The molecule has 6 nitrogen and oxygen atoms in total. The van der Waals surface area contributed by atoms with Gasteiger partial charge in [0.05, 0.1) is 18.1 Å². The van der Waals surface area contributed by atoms with Crippen molar-refractivity contribution in [1.29, 1.82) is 0 Å². The van der Waals surface area contributed by atoms with Gasteiger partial charge in [-0.3, -0.25) is 4.79 Å². The second-order valence-corrected chi connectivity index (χ2v) is 7.05. The number of ether oxygens (including phenoxy) is 1. The number of amides is 1. The number of carbonyl (C=O) groups is 1. The number of sulfonamides is 1. The van der Waals surface area contributed by atoms with Gasteiger partial charge in [0.25, 0.3) is 0 Å². The van der Waals surface area contributed by atoms with E-state index in [4.69, 9.17) is 4.74 Å². The molecule has 1 heterocycles. The molecule has 1 atom stereocenters. The number of hydrogen-bond donors (Lipinski definition) is 1. The summed E-state index contributed by atoms with van der Waals surface area (Å²) in [6.45, 7) is 5.67. The van der Waals surface area contributed by atoms with E-state index in [2.05, 4.69) is 4.72 Å². The molecule has 2 rings (SSSR count). The van der Waals surface area contributed by atoms with Crippen LogP contribution in [0.2, 0.25) is 0 Å². The smallest absolute Gasteiger partial charge is 0.241 e. The maximum Gasteiger partial charge on any atom is 0.241 e. The summed E-state index contributed by atoms with van der Waals surface area (Å²) in [7, 11) is -3.70. The summed E-state index contributed by atoms with van der Waals surface area (Å²) in [5.74, 6) is -0.193. The van der Waals surface area contributed by atoms with Crippen molar-refractivity contribution in [2.45, 2.75) is 31.2 Å². The third kappa shape index (κ3) is 4.06. The number of aryl methyl sites for hydroxylation is 1. The molecule has 1 aromatic rings. The Balaban J connectivity index is 2.11. The lowest BCUT2D eigenvalue weighted by molar-refractivity contribution is -0.137. The fraction of sp³-hybridized carbons (Fsp3) is 0.533. The van der Waals surface area contributed by atoms with Crippen molar-refractivity contribution in [2.75, 3.05) is 26.3 Å². The van der Waals surface area contributed by atoms with Crippen LogP contribution in [0.15, 0.2) is 29.2 Å². The zero-order chi connectivity index (χ0) is 16.2. The van der Waals surface area contributed by atoms with E-state index in [0.29, 0.717) is 32.7 Å². The van der Waals surface area contributed by atoms with E-state index in [-0.39, 0.29) is 10.8 Å². The van der Waals surface area contributed by atoms with Gasteiger partial charge in [0.2, 0.25) is 15.9 Å². The summed E-state index contributed by atoms with van der Waals surface area (Å²) in [6, 6.07) is 5.82. The van der Waals surface area contributed by atoms with Crippen LogP contribution in [0.3, 0.4) is 0 Å². The van der Waals surface area contributed by atoms with Gasteiger partial charge in [0.1, 0.15) is 6.04 Å². The lowest BCUT2D eigenvalue weighted by atomic mass is 10.2. The molecule has 1 saturated heterocycles. The second-order valence-electron chi connectivity index (χ2n) is 5.33. The van der Waals surface area contributed by atoms with Gasteiger partial charge in [0.15, 0.2) is 0 Å². The van der Waals surface area contributed by atoms with Gasteiger partial charge in [-0.2, -0.15) is 4.72 Å². The number of nitrogens with one attached hydrogen (secondary N) is 1. The Labute approximate surface area is 131 Å². The maximum atomic E-state index is 12.4. The summed E-state index contributed by atoms with van der Waals surface area (Å²) in [5.41, 5.74) is 0.982. The molecule has 1 N–H and O–H groups in total. The summed E-state index contributed by atoms with van der Waals surface area (Å²) in [5, 5.41) is 0. The van der Waals surface area contributed by atoms with Gasteiger partial charge in [-0.25, -0.2) is 8.42 Å². The standard InChI is InChI=1S/C15H22N2O4S/c1-3-14(15(18)17-8-10-21-11-9-17)16-22(19,20)13-6-4-12(2)5-7-13/h4-7,14,16H,3,8-11H2,1-2H3/t14-/m1/s1. The molecular weight excluding hydrogens is 304 g/mol. The van der Waals surface area contributed by atoms with Crippen LogP contribution in [-0.2, 0) is 19.6 Å². The zero-order valence-corrected chi connectivity index (χ0v) is 13.7. The Morgan fingerprint density at radius 1 is 1.27 bits per heavy atom. The SMILES string of the molecule is CC[C@@H](NS(=O)(=O)c1ccc(C)cc1)C(=O)N1CCOCC1. The summed E-state index contributed by atoms with van der Waals surface area (Å²) in [4.78, 5) is 14.3. The molecule has 1 fully saturated rings. The Morgan fingerprint density at radius 2 is 1.86 bits per heavy atom. The third-order valence-corrected chi connectivity index (χ3v) is 5.15. The van der Waals surface area contributed by atoms with Crippen LogP contribution in [0.1, 0.15) is 18.9 Å². The molecule has 1 amide bonds.